The lowest BCUT2D eigenvalue weighted by Gasteiger charge is -2.21. The molecule has 0 aromatic carbocycles. The molecule has 0 heterocycles. The minimum absolute atomic E-state index is 0.0247. The number of alkyl halides is 2. The highest BCUT2D eigenvalue weighted by Crippen LogP contribution is 2.27. The topological polar surface area (TPSA) is 29.5 Å². The van der Waals surface area contributed by atoms with Gasteiger partial charge >= 0.3 is 6.43 Å². The van der Waals surface area contributed by atoms with Gasteiger partial charge in [-0.2, -0.15) is 8.78 Å². The Bertz CT molecular complexity index is 183. The summed E-state index contributed by atoms with van der Waals surface area (Å²) in [6.45, 7) is 0.583. The quantitative estimate of drug-likeness (QED) is 0.649. The van der Waals surface area contributed by atoms with E-state index in [2.05, 4.69) is 0 Å². The summed E-state index contributed by atoms with van der Waals surface area (Å²) in [6, 6.07) is 0.0247. The van der Waals surface area contributed by atoms with Gasteiger partial charge in [0.2, 0.25) is 0 Å². The first-order chi connectivity index (χ1) is 6.16. The van der Waals surface area contributed by atoms with Crippen LogP contribution in [-0.2, 0) is 9.53 Å². The van der Waals surface area contributed by atoms with Crippen molar-refractivity contribution in [3.05, 3.63) is 0 Å². The van der Waals surface area contributed by atoms with E-state index in [0.29, 0.717) is 6.61 Å². The number of carbonyl (C=O) groups is 1. The van der Waals surface area contributed by atoms with Crippen LogP contribution >= 0.6 is 0 Å². The van der Waals surface area contributed by atoms with Crippen molar-refractivity contribution in [2.24, 2.45) is 0 Å². The van der Waals surface area contributed by atoms with Gasteiger partial charge in [-0.25, -0.2) is 0 Å². The number of rotatable bonds is 5. The maximum absolute atomic E-state index is 12.1. The molecule has 0 aromatic rings. The van der Waals surface area contributed by atoms with E-state index in [1.807, 2.05) is 0 Å². The van der Waals surface area contributed by atoms with Gasteiger partial charge in [0.15, 0.2) is 0 Å². The van der Waals surface area contributed by atoms with E-state index in [1.165, 1.54) is 12.0 Å². The third-order valence-electron chi connectivity index (χ3n) is 1.99. The maximum atomic E-state index is 12.1. The Kier molecular flexibility index (Phi) is 3.59. The molecule has 0 bridgehead atoms. The molecular formula is C8H13F2NO2. The van der Waals surface area contributed by atoms with Crippen LogP contribution < -0.4 is 0 Å². The number of hydrogen-bond acceptors (Lipinski definition) is 2. The largest absolute Gasteiger partial charge is 0.383 e. The van der Waals surface area contributed by atoms with Gasteiger partial charge in [0.25, 0.3) is 5.91 Å². The second-order valence-corrected chi connectivity index (χ2v) is 3.06. The van der Waals surface area contributed by atoms with E-state index in [-0.39, 0.29) is 12.6 Å². The van der Waals surface area contributed by atoms with Crippen LogP contribution in [0.4, 0.5) is 8.78 Å². The van der Waals surface area contributed by atoms with Crippen molar-refractivity contribution in [2.75, 3.05) is 20.3 Å². The van der Waals surface area contributed by atoms with Crippen molar-refractivity contribution < 1.29 is 18.3 Å². The Morgan fingerprint density at radius 2 is 2.23 bits per heavy atom. The fourth-order valence-electron chi connectivity index (χ4n) is 1.17. The van der Waals surface area contributed by atoms with Gasteiger partial charge in [-0.3, -0.25) is 4.79 Å². The summed E-state index contributed by atoms with van der Waals surface area (Å²) in [4.78, 5) is 12.2. The van der Waals surface area contributed by atoms with Crippen LogP contribution in [0.15, 0.2) is 0 Å². The molecule has 1 amide bonds. The first-order valence-electron chi connectivity index (χ1n) is 4.24. The van der Waals surface area contributed by atoms with Crippen molar-refractivity contribution in [1.29, 1.82) is 0 Å². The van der Waals surface area contributed by atoms with E-state index in [0.717, 1.165) is 12.8 Å². The molecule has 76 valence electrons. The molecule has 3 nitrogen and oxygen atoms in total. The molecule has 0 unspecified atom stereocenters. The van der Waals surface area contributed by atoms with Crippen LogP contribution in [0.2, 0.25) is 0 Å². The van der Waals surface area contributed by atoms with E-state index < -0.39 is 12.3 Å². The summed E-state index contributed by atoms with van der Waals surface area (Å²) in [5.74, 6) is -1.07. The average molecular weight is 193 g/mol. The summed E-state index contributed by atoms with van der Waals surface area (Å²) >= 11 is 0. The lowest BCUT2D eigenvalue weighted by molar-refractivity contribution is -0.144. The molecule has 0 aliphatic heterocycles. The number of amides is 1. The van der Waals surface area contributed by atoms with Gasteiger partial charge < -0.3 is 9.64 Å². The molecule has 1 saturated carbocycles. The lowest BCUT2D eigenvalue weighted by atomic mass is 10.4. The Balaban J connectivity index is 2.41. The highest BCUT2D eigenvalue weighted by molar-refractivity contribution is 5.79. The highest BCUT2D eigenvalue weighted by Gasteiger charge is 2.35. The van der Waals surface area contributed by atoms with E-state index >= 15 is 0 Å². The second kappa shape index (κ2) is 4.50. The van der Waals surface area contributed by atoms with Crippen molar-refractivity contribution >= 4 is 5.91 Å². The minimum Gasteiger partial charge on any atom is -0.383 e. The fraction of sp³-hybridized carbons (Fsp3) is 0.875. The number of nitrogens with zero attached hydrogens (tertiary/aromatic N) is 1. The monoisotopic (exact) mass is 193 g/mol. The van der Waals surface area contributed by atoms with Crippen LogP contribution in [-0.4, -0.2) is 43.5 Å². The van der Waals surface area contributed by atoms with Crippen LogP contribution in [0.5, 0.6) is 0 Å². The number of halogens is 2. The van der Waals surface area contributed by atoms with Crippen LogP contribution in [0.3, 0.4) is 0 Å². The molecule has 0 aromatic heterocycles. The highest BCUT2D eigenvalue weighted by atomic mass is 19.3. The first kappa shape index (κ1) is 10.4. The van der Waals surface area contributed by atoms with Gasteiger partial charge in [-0.15, -0.1) is 0 Å². The molecule has 0 N–H and O–H groups in total. The Morgan fingerprint density at radius 1 is 1.62 bits per heavy atom. The third-order valence-corrected chi connectivity index (χ3v) is 1.99. The van der Waals surface area contributed by atoms with Gasteiger partial charge in [-0.1, -0.05) is 0 Å². The lowest BCUT2D eigenvalue weighted by Crippen LogP contribution is -2.39. The average Bonchev–Trinajstić information content (AvgIpc) is 2.88. The summed E-state index contributed by atoms with van der Waals surface area (Å²) in [5, 5.41) is 0. The zero-order valence-electron chi connectivity index (χ0n) is 7.50. The summed E-state index contributed by atoms with van der Waals surface area (Å²) < 4.78 is 28.9. The molecule has 0 atom stereocenters. The van der Waals surface area contributed by atoms with Crippen LogP contribution in [0.1, 0.15) is 12.8 Å². The summed E-state index contributed by atoms with van der Waals surface area (Å²) in [7, 11) is 1.48. The van der Waals surface area contributed by atoms with E-state index in [1.54, 1.807) is 0 Å². The van der Waals surface area contributed by atoms with E-state index in [4.69, 9.17) is 4.74 Å². The van der Waals surface area contributed by atoms with Crippen LogP contribution in [0.25, 0.3) is 0 Å². The summed E-state index contributed by atoms with van der Waals surface area (Å²) in [5.41, 5.74) is 0. The Morgan fingerprint density at radius 3 is 2.62 bits per heavy atom. The predicted molar refractivity (Wildman–Crippen MR) is 42.6 cm³/mol. The zero-order chi connectivity index (χ0) is 9.84. The molecule has 1 rings (SSSR count). The number of hydrogen-bond donors (Lipinski definition) is 0. The number of carbonyl (C=O) groups excluding carboxylic acids is 1. The SMILES string of the molecule is COCCN(C(=O)C(F)F)C1CC1. The van der Waals surface area contributed by atoms with Gasteiger partial charge in [0.05, 0.1) is 6.61 Å². The molecule has 0 saturated heterocycles. The molecule has 1 aliphatic carbocycles. The minimum atomic E-state index is -2.89. The molecule has 0 radical (unpaired) electrons. The fourth-order valence-corrected chi connectivity index (χ4v) is 1.17. The summed E-state index contributed by atoms with van der Waals surface area (Å²) in [6.07, 6.45) is -1.22. The Labute approximate surface area is 75.7 Å². The molecule has 5 heteroatoms. The van der Waals surface area contributed by atoms with E-state index in [9.17, 15) is 13.6 Å². The predicted octanol–water partition coefficient (Wildman–Crippen LogP) is 0.889. The van der Waals surface area contributed by atoms with Crippen molar-refractivity contribution in [3.8, 4) is 0 Å². The molecule has 13 heavy (non-hydrogen) atoms. The smallest absolute Gasteiger partial charge is 0.315 e. The van der Waals surface area contributed by atoms with Crippen molar-refractivity contribution in [1.82, 2.24) is 4.90 Å². The van der Waals surface area contributed by atoms with Gasteiger partial charge in [0, 0.05) is 19.7 Å². The molecule has 0 spiro atoms. The number of ether oxygens (including phenoxy) is 1. The first-order valence-corrected chi connectivity index (χ1v) is 4.24. The van der Waals surface area contributed by atoms with Gasteiger partial charge in [0.1, 0.15) is 0 Å². The standard InChI is InChI=1S/C8H13F2NO2/c1-13-5-4-11(6-2-3-6)8(12)7(9)10/h6-7H,2-5H2,1H3. The Hall–Kier alpha value is -0.710. The zero-order valence-corrected chi connectivity index (χ0v) is 7.50. The second-order valence-electron chi connectivity index (χ2n) is 3.06. The third kappa shape index (κ3) is 2.91. The maximum Gasteiger partial charge on any atom is 0.315 e. The van der Waals surface area contributed by atoms with Crippen molar-refractivity contribution in [3.63, 3.8) is 0 Å². The molecular weight excluding hydrogens is 180 g/mol. The normalized spacial score (nSPS) is 16.3. The van der Waals surface area contributed by atoms with Crippen LogP contribution in [0, 0.1) is 0 Å². The molecule has 1 fully saturated rings. The van der Waals surface area contributed by atoms with Gasteiger partial charge in [-0.05, 0) is 12.8 Å². The molecule has 1 aliphatic rings. The van der Waals surface area contributed by atoms with Crippen molar-refractivity contribution in [2.45, 2.75) is 25.3 Å². The number of methoxy groups -OCH3 is 1.